The van der Waals surface area contributed by atoms with Crippen LogP contribution >= 0.6 is 0 Å². The largest absolute Gasteiger partial charge is 0.493 e. The summed E-state index contributed by atoms with van der Waals surface area (Å²) in [6.45, 7) is 7.78. The van der Waals surface area contributed by atoms with Gasteiger partial charge in [-0.2, -0.15) is 10.2 Å². The molecule has 176 valence electrons. The van der Waals surface area contributed by atoms with E-state index in [-0.39, 0.29) is 5.71 Å². The Labute approximate surface area is 198 Å². The maximum atomic E-state index is 8.77. The molecule has 2 saturated heterocycles. The molecule has 4 heterocycles. The van der Waals surface area contributed by atoms with E-state index in [0.717, 1.165) is 48.9 Å². The average molecular weight is 461 g/mol. The molecule has 2 aliphatic heterocycles. The first kappa shape index (κ1) is 22.1. The van der Waals surface area contributed by atoms with Gasteiger partial charge < -0.3 is 24.8 Å². The van der Waals surface area contributed by atoms with Gasteiger partial charge in [-0.25, -0.2) is 4.98 Å². The Morgan fingerprint density at radius 3 is 2.59 bits per heavy atom. The molecular formula is C25H28N6O3. The number of pyridine rings is 1. The van der Waals surface area contributed by atoms with Crippen molar-refractivity contribution in [3.05, 3.63) is 64.6 Å². The standard InChI is InChI=1S/C25H28N6O3/c1-15-8-29-30-16(2)19(15)10-34-22-6-18(20(26)7-21(22)32-3)24(27)17-4-5-23(28-9-17)31-11-25(12-31)13-33-14-25/h4-9,27H,10-14,26H2,1-3H3. The van der Waals surface area contributed by atoms with Crippen LogP contribution in [0.4, 0.5) is 11.5 Å². The van der Waals surface area contributed by atoms with E-state index in [1.54, 1.807) is 31.6 Å². The zero-order valence-corrected chi connectivity index (χ0v) is 19.6. The van der Waals surface area contributed by atoms with Gasteiger partial charge in [0.2, 0.25) is 0 Å². The highest BCUT2D eigenvalue weighted by Gasteiger charge is 2.49. The minimum atomic E-state index is 0.273. The van der Waals surface area contributed by atoms with Crippen LogP contribution in [0.25, 0.3) is 0 Å². The molecular weight excluding hydrogens is 432 g/mol. The molecule has 34 heavy (non-hydrogen) atoms. The van der Waals surface area contributed by atoms with E-state index >= 15 is 0 Å². The lowest BCUT2D eigenvalue weighted by Gasteiger charge is -2.55. The van der Waals surface area contributed by atoms with E-state index in [4.69, 9.17) is 25.4 Å². The molecule has 3 N–H and O–H groups in total. The van der Waals surface area contributed by atoms with E-state index in [2.05, 4.69) is 20.1 Å². The number of ether oxygens (including phenoxy) is 3. The molecule has 5 rings (SSSR count). The van der Waals surface area contributed by atoms with Gasteiger partial charge in [0.1, 0.15) is 12.4 Å². The summed E-state index contributed by atoms with van der Waals surface area (Å²) >= 11 is 0. The van der Waals surface area contributed by atoms with E-state index < -0.39 is 0 Å². The Morgan fingerprint density at radius 1 is 1.18 bits per heavy atom. The quantitative estimate of drug-likeness (QED) is 0.408. The maximum absolute atomic E-state index is 8.77. The highest BCUT2D eigenvalue weighted by Crippen LogP contribution is 2.39. The van der Waals surface area contributed by atoms with Gasteiger partial charge in [-0.15, -0.1) is 0 Å². The normalized spacial score (nSPS) is 16.0. The number of methoxy groups -OCH3 is 1. The Morgan fingerprint density at radius 2 is 1.97 bits per heavy atom. The number of nitrogens with zero attached hydrogens (tertiary/aromatic N) is 4. The molecule has 0 radical (unpaired) electrons. The third kappa shape index (κ3) is 3.92. The zero-order valence-electron chi connectivity index (χ0n) is 19.6. The van der Waals surface area contributed by atoms with Crippen LogP contribution in [0.3, 0.4) is 0 Å². The molecule has 2 aromatic heterocycles. The molecule has 2 aliphatic rings. The molecule has 1 aromatic carbocycles. The number of nitrogens with one attached hydrogen (secondary N) is 1. The number of benzene rings is 1. The first-order chi connectivity index (χ1) is 16.4. The van der Waals surface area contributed by atoms with Crippen LogP contribution in [0, 0.1) is 24.7 Å². The van der Waals surface area contributed by atoms with Crippen molar-refractivity contribution in [1.82, 2.24) is 15.2 Å². The lowest BCUT2D eigenvalue weighted by atomic mass is 9.78. The highest BCUT2D eigenvalue weighted by molar-refractivity contribution is 6.14. The fraction of sp³-hybridized carbons (Fsp3) is 0.360. The smallest absolute Gasteiger partial charge is 0.162 e. The first-order valence-electron chi connectivity index (χ1n) is 11.2. The molecule has 0 atom stereocenters. The number of aromatic nitrogens is 3. The van der Waals surface area contributed by atoms with Crippen molar-refractivity contribution in [3.63, 3.8) is 0 Å². The van der Waals surface area contributed by atoms with Crippen LogP contribution in [0.1, 0.15) is 27.9 Å². The number of nitrogens with two attached hydrogens (primary N) is 1. The SMILES string of the molecule is COc1cc(N)c(C(=N)c2ccc(N3CC4(COC4)C3)nc2)cc1OCc1c(C)cnnc1C. The summed E-state index contributed by atoms with van der Waals surface area (Å²) in [5, 5.41) is 16.8. The minimum absolute atomic E-state index is 0.273. The van der Waals surface area contributed by atoms with E-state index in [1.807, 2.05) is 26.0 Å². The van der Waals surface area contributed by atoms with E-state index in [9.17, 15) is 0 Å². The molecule has 0 aliphatic carbocycles. The summed E-state index contributed by atoms with van der Waals surface area (Å²) in [6.07, 6.45) is 3.43. The molecule has 1 spiro atoms. The number of hydrogen-bond donors (Lipinski definition) is 2. The number of hydrogen-bond acceptors (Lipinski definition) is 9. The van der Waals surface area contributed by atoms with Crippen LogP contribution in [-0.4, -0.2) is 54.3 Å². The second kappa shape index (κ2) is 8.57. The molecule has 9 nitrogen and oxygen atoms in total. The van der Waals surface area contributed by atoms with Crippen molar-refractivity contribution >= 4 is 17.2 Å². The summed E-state index contributed by atoms with van der Waals surface area (Å²) in [7, 11) is 1.56. The summed E-state index contributed by atoms with van der Waals surface area (Å²) < 4.78 is 16.9. The van der Waals surface area contributed by atoms with Crippen molar-refractivity contribution in [1.29, 1.82) is 5.41 Å². The first-order valence-corrected chi connectivity index (χ1v) is 11.2. The van der Waals surface area contributed by atoms with Crippen molar-refractivity contribution in [3.8, 4) is 11.5 Å². The van der Waals surface area contributed by atoms with Crippen molar-refractivity contribution < 1.29 is 14.2 Å². The predicted molar refractivity (Wildman–Crippen MR) is 129 cm³/mol. The molecule has 0 unspecified atom stereocenters. The number of aryl methyl sites for hydroxylation is 2. The summed E-state index contributed by atoms with van der Waals surface area (Å²) in [6, 6.07) is 7.30. The van der Waals surface area contributed by atoms with Gasteiger partial charge in [-0.05, 0) is 37.6 Å². The van der Waals surface area contributed by atoms with Gasteiger partial charge in [0, 0.05) is 47.7 Å². The zero-order chi connectivity index (χ0) is 23.9. The van der Waals surface area contributed by atoms with Gasteiger partial charge in [-0.1, -0.05) is 0 Å². The molecule has 2 fully saturated rings. The van der Waals surface area contributed by atoms with Gasteiger partial charge in [0.25, 0.3) is 0 Å². The molecule has 9 heteroatoms. The molecule has 0 bridgehead atoms. The lowest BCUT2D eigenvalue weighted by Crippen LogP contribution is -2.66. The van der Waals surface area contributed by atoms with Gasteiger partial charge in [0.05, 0.1) is 43.3 Å². The van der Waals surface area contributed by atoms with Gasteiger partial charge in [0.15, 0.2) is 11.5 Å². The molecule has 0 amide bonds. The van der Waals surface area contributed by atoms with Crippen molar-refractivity contribution in [2.45, 2.75) is 20.5 Å². The van der Waals surface area contributed by atoms with Gasteiger partial charge >= 0.3 is 0 Å². The Kier molecular flexibility index (Phi) is 5.57. The Bertz CT molecular complexity index is 1210. The predicted octanol–water partition coefficient (Wildman–Crippen LogP) is 2.91. The van der Waals surface area contributed by atoms with Crippen molar-refractivity contribution in [2.24, 2.45) is 5.41 Å². The molecule has 0 saturated carbocycles. The highest BCUT2D eigenvalue weighted by atomic mass is 16.5. The average Bonchev–Trinajstić information content (AvgIpc) is 2.77. The van der Waals surface area contributed by atoms with Gasteiger partial charge in [-0.3, -0.25) is 5.41 Å². The fourth-order valence-electron chi connectivity index (χ4n) is 4.43. The fourth-order valence-corrected chi connectivity index (χ4v) is 4.43. The lowest BCUT2D eigenvalue weighted by molar-refractivity contribution is -0.127. The third-order valence-corrected chi connectivity index (χ3v) is 6.58. The van der Waals surface area contributed by atoms with Crippen LogP contribution in [0.5, 0.6) is 11.5 Å². The summed E-state index contributed by atoms with van der Waals surface area (Å²) in [5.41, 5.74) is 11.3. The molecule has 3 aromatic rings. The van der Waals surface area contributed by atoms with E-state index in [0.29, 0.717) is 40.3 Å². The summed E-state index contributed by atoms with van der Waals surface area (Å²) in [5.74, 6) is 1.93. The second-order valence-corrected chi connectivity index (χ2v) is 9.10. The van der Waals surface area contributed by atoms with Crippen LogP contribution in [-0.2, 0) is 11.3 Å². The maximum Gasteiger partial charge on any atom is 0.162 e. The Balaban J connectivity index is 1.35. The van der Waals surface area contributed by atoms with Crippen molar-refractivity contribution in [2.75, 3.05) is 44.0 Å². The number of rotatable bonds is 7. The Hall–Kier alpha value is -3.72. The third-order valence-electron chi connectivity index (χ3n) is 6.58. The number of anilines is 2. The topological polar surface area (TPSA) is 119 Å². The minimum Gasteiger partial charge on any atom is -0.493 e. The monoisotopic (exact) mass is 460 g/mol. The summed E-state index contributed by atoms with van der Waals surface area (Å²) in [4.78, 5) is 6.82. The van der Waals surface area contributed by atoms with Crippen LogP contribution in [0.15, 0.2) is 36.7 Å². The second-order valence-electron chi connectivity index (χ2n) is 9.10. The van der Waals surface area contributed by atoms with Crippen LogP contribution < -0.4 is 20.1 Å². The van der Waals surface area contributed by atoms with Crippen LogP contribution in [0.2, 0.25) is 0 Å². The number of nitrogen functional groups attached to an aromatic ring is 1. The van der Waals surface area contributed by atoms with E-state index in [1.165, 1.54) is 0 Å².